The smallest absolute Gasteiger partial charge is 0.305 e. The molecule has 110 valence electrons. The first kappa shape index (κ1) is 16.5. The van der Waals surface area contributed by atoms with Gasteiger partial charge < -0.3 is 9.64 Å². The molecule has 0 saturated heterocycles. The van der Waals surface area contributed by atoms with E-state index in [1.54, 1.807) is 11.9 Å². The molecule has 0 spiro atoms. The number of amides is 1. The van der Waals surface area contributed by atoms with Crippen molar-refractivity contribution in [2.24, 2.45) is 0 Å². The molecule has 1 aromatic rings. The number of carbonyl (C=O) groups excluding carboxylic acids is 2. The minimum Gasteiger partial charge on any atom is -0.469 e. The molecule has 1 aromatic carbocycles. The van der Waals surface area contributed by atoms with Crippen molar-refractivity contribution in [3.63, 3.8) is 0 Å². The SMILES string of the molecule is COC(=O)CCCC(=O)N(C)CCc1ccccc1Cl. The molecule has 0 aliphatic rings. The Balaban J connectivity index is 2.31. The van der Waals surface area contributed by atoms with Gasteiger partial charge in [0.15, 0.2) is 0 Å². The molecule has 0 radical (unpaired) electrons. The fourth-order valence-electron chi connectivity index (χ4n) is 1.79. The van der Waals surface area contributed by atoms with Gasteiger partial charge in [-0.2, -0.15) is 0 Å². The molecule has 0 aliphatic heterocycles. The molecule has 0 heterocycles. The molecule has 5 heteroatoms. The highest BCUT2D eigenvalue weighted by atomic mass is 35.5. The normalized spacial score (nSPS) is 10.2. The zero-order valence-corrected chi connectivity index (χ0v) is 12.7. The molecule has 0 aromatic heterocycles. The van der Waals surface area contributed by atoms with Crippen molar-refractivity contribution in [1.82, 2.24) is 4.90 Å². The van der Waals surface area contributed by atoms with Gasteiger partial charge in [0.25, 0.3) is 0 Å². The molecule has 1 amide bonds. The van der Waals surface area contributed by atoms with Gasteiger partial charge in [0.05, 0.1) is 7.11 Å². The van der Waals surface area contributed by atoms with Crippen LogP contribution >= 0.6 is 11.6 Å². The lowest BCUT2D eigenvalue weighted by molar-refractivity contribution is -0.140. The van der Waals surface area contributed by atoms with Crippen LogP contribution in [0.1, 0.15) is 24.8 Å². The number of nitrogens with zero attached hydrogens (tertiary/aromatic N) is 1. The predicted molar refractivity (Wildman–Crippen MR) is 78.7 cm³/mol. The first-order valence-electron chi connectivity index (χ1n) is 6.58. The number of halogens is 1. The summed E-state index contributed by atoms with van der Waals surface area (Å²) in [5.41, 5.74) is 1.03. The van der Waals surface area contributed by atoms with Gasteiger partial charge >= 0.3 is 5.97 Å². The Morgan fingerprint density at radius 1 is 1.25 bits per heavy atom. The number of methoxy groups -OCH3 is 1. The average molecular weight is 298 g/mol. The second-order valence-electron chi connectivity index (χ2n) is 4.59. The minimum atomic E-state index is -0.281. The predicted octanol–water partition coefficient (Wildman–Crippen LogP) is 2.68. The number of hydrogen-bond acceptors (Lipinski definition) is 3. The summed E-state index contributed by atoms with van der Waals surface area (Å²) < 4.78 is 4.53. The Morgan fingerprint density at radius 3 is 2.60 bits per heavy atom. The summed E-state index contributed by atoms with van der Waals surface area (Å²) in [6.45, 7) is 0.612. The summed E-state index contributed by atoms with van der Waals surface area (Å²) in [6, 6.07) is 7.61. The van der Waals surface area contributed by atoms with E-state index in [-0.39, 0.29) is 18.3 Å². The van der Waals surface area contributed by atoms with E-state index in [2.05, 4.69) is 4.74 Å². The fourth-order valence-corrected chi connectivity index (χ4v) is 2.02. The molecule has 0 aliphatic carbocycles. The van der Waals surface area contributed by atoms with Crippen molar-refractivity contribution >= 4 is 23.5 Å². The number of likely N-dealkylation sites (N-methyl/N-ethyl adjacent to an activating group) is 1. The quantitative estimate of drug-likeness (QED) is 0.727. The zero-order chi connectivity index (χ0) is 15.0. The summed E-state index contributed by atoms with van der Waals surface area (Å²) in [6.07, 6.45) is 1.87. The van der Waals surface area contributed by atoms with E-state index in [1.807, 2.05) is 24.3 Å². The third kappa shape index (κ3) is 5.61. The maximum absolute atomic E-state index is 11.9. The van der Waals surface area contributed by atoms with Crippen LogP contribution in [0.25, 0.3) is 0 Å². The van der Waals surface area contributed by atoms with E-state index in [9.17, 15) is 9.59 Å². The lowest BCUT2D eigenvalue weighted by atomic mass is 10.1. The number of benzene rings is 1. The molecule has 1 rings (SSSR count). The molecule has 20 heavy (non-hydrogen) atoms. The molecule has 0 unspecified atom stereocenters. The van der Waals surface area contributed by atoms with Crippen LogP contribution in [0, 0.1) is 0 Å². The Bertz CT molecular complexity index is 462. The Morgan fingerprint density at radius 2 is 1.95 bits per heavy atom. The van der Waals surface area contributed by atoms with Crippen molar-refractivity contribution in [2.75, 3.05) is 20.7 Å². The summed E-state index contributed by atoms with van der Waals surface area (Å²) in [5, 5.41) is 0.721. The Labute approximate surface area is 124 Å². The van der Waals surface area contributed by atoms with Crippen LogP contribution in [0.4, 0.5) is 0 Å². The van der Waals surface area contributed by atoms with Gasteiger partial charge in [-0.1, -0.05) is 29.8 Å². The first-order chi connectivity index (χ1) is 9.54. The summed E-state index contributed by atoms with van der Waals surface area (Å²) in [5.74, 6) is -0.252. The molecular weight excluding hydrogens is 278 g/mol. The van der Waals surface area contributed by atoms with Crippen LogP contribution in [0.3, 0.4) is 0 Å². The van der Waals surface area contributed by atoms with Gasteiger partial charge in [0, 0.05) is 31.5 Å². The van der Waals surface area contributed by atoms with Crippen molar-refractivity contribution in [3.8, 4) is 0 Å². The van der Waals surface area contributed by atoms with Crippen molar-refractivity contribution < 1.29 is 14.3 Å². The highest BCUT2D eigenvalue weighted by Gasteiger charge is 2.10. The molecule has 0 N–H and O–H groups in total. The second-order valence-corrected chi connectivity index (χ2v) is 4.99. The average Bonchev–Trinajstić information content (AvgIpc) is 2.45. The minimum absolute atomic E-state index is 0.0287. The van der Waals surface area contributed by atoms with Crippen molar-refractivity contribution in [3.05, 3.63) is 34.9 Å². The summed E-state index contributed by atoms with van der Waals surface area (Å²) in [4.78, 5) is 24.5. The highest BCUT2D eigenvalue weighted by Crippen LogP contribution is 2.15. The number of hydrogen-bond donors (Lipinski definition) is 0. The lowest BCUT2D eigenvalue weighted by Gasteiger charge is -2.17. The highest BCUT2D eigenvalue weighted by molar-refractivity contribution is 6.31. The van der Waals surface area contributed by atoms with Gasteiger partial charge in [0.1, 0.15) is 0 Å². The second kappa shape index (κ2) is 8.59. The molecule has 0 bridgehead atoms. The van der Waals surface area contributed by atoms with E-state index < -0.39 is 0 Å². The molecular formula is C15H20ClNO3. The summed E-state index contributed by atoms with van der Waals surface area (Å²) >= 11 is 6.07. The lowest BCUT2D eigenvalue weighted by Crippen LogP contribution is -2.28. The van der Waals surface area contributed by atoms with Gasteiger partial charge in [-0.3, -0.25) is 9.59 Å². The third-order valence-electron chi connectivity index (χ3n) is 3.10. The zero-order valence-electron chi connectivity index (χ0n) is 11.9. The number of esters is 1. The van der Waals surface area contributed by atoms with Crippen LogP contribution in [-0.4, -0.2) is 37.5 Å². The number of rotatable bonds is 7. The van der Waals surface area contributed by atoms with Gasteiger partial charge in [-0.05, 0) is 24.5 Å². The number of carbonyl (C=O) groups is 2. The van der Waals surface area contributed by atoms with Crippen LogP contribution in [0.15, 0.2) is 24.3 Å². The van der Waals surface area contributed by atoms with Crippen molar-refractivity contribution in [2.45, 2.75) is 25.7 Å². The van der Waals surface area contributed by atoms with Crippen LogP contribution in [0.2, 0.25) is 5.02 Å². The van der Waals surface area contributed by atoms with Gasteiger partial charge in [-0.15, -0.1) is 0 Å². The van der Waals surface area contributed by atoms with Crippen LogP contribution in [-0.2, 0) is 20.7 Å². The van der Waals surface area contributed by atoms with E-state index >= 15 is 0 Å². The van der Waals surface area contributed by atoms with Crippen LogP contribution < -0.4 is 0 Å². The topological polar surface area (TPSA) is 46.6 Å². The van der Waals surface area contributed by atoms with E-state index in [0.717, 1.165) is 17.0 Å². The first-order valence-corrected chi connectivity index (χ1v) is 6.96. The Kier molecular flexibility index (Phi) is 7.09. The molecule has 0 saturated carbocycles. The van der Waals surface area contributed by atoms with Crippen LogP contribution in [0.5, 0.6) is 0 Å². The standard InChI is InChI=1S/C15H20ClNO3/c1-17(14(18)8-5-9-15(19)20-2)11-10-12-6-3-4-7-13(12)16/h3-4,6-7H,5,8-11H2,1-2H3. The maximum atomic E-state index is 11.9. The maximum Gasteiger partial charge on any atom is 0.305 e. The Hall–Kier alpha value is -1.55. The largest absolute Gasteiger partial charge is 0.469 e. The van der Waals surface area contributed by atoms with E-state index in [0.29, 0.717) is 19.4 Å². The van der Waals surface area contributed by atoms with E-state index in [1.165, 1.54) is 7.11 Å². The monoisotopic (exact) mass is 297 g/mol. The number of ether oxygens (including phenoxy) is 1. The fraction of sp³-hybridized carbons (Fsp3) is 0.467. The third-order valence-corrected chi connectivity index (χ3v) is 3.47. The van der Waals surface area contributed by atoms with E-state index in [4.69, 9.17) is 11.6 Å². The van der Waals surface area contributed by atoms with Gasteiger partial charge in [-0.25, -0.2) is 0 Å². The molecule has 0 fully saturated rings. The molecule has 0 atom stereocenters. The van der Waals surface area contributed by atoms with Gasteiger partial charge in [0.2, 0.25) is 5.91 Å². The summed E-state index contributed by atoms with van der Waals surface area (Å²) in [7, 11) is 3.11. The molecule has 4 nitrogen and oxygen atoms in total. The van der Waals surface area contributed by atoms with Crippen molar-refractivity contribution in [1.29, 1.82) is 0 Å².